The van der Waals surface area contributed by atoms with Crippen LogP contribution < -0.4 is 38.9 Å². The van der Waals surface area contributed by atoms with Crippen molar-refractivity contribution in [3.63, 3.8) is 0 Å². The van der Waals surface area contributed by atoms with Crippen LogP contribution in [0.4, 0.5) is 32.9 Å². The smallest absolute Gasteiger partial charge is 0.437 e. The molecule has 1 aliphatic heterocycles. The third-order valence-electron chi connectivity index (χ3n) is 5.98. The molecule has 0 aliphatic carbocycles. The first-order chi connectivity index (χ1) is 22.6. The zero-order valence-corrected chi connectivity index (χ0v) is 29.1. The van der Waals surface area contributed by atoms with Crippen molar-refractivity contribution in [1.29, 1.82) is 0 Å². The summed E-state index contributed by atoms with van der Waals surface area (Å²) in [5.74, 6) is -3.18. The molecule has 0 radical (unpaired) electrons. The van der Waals surface area contributed by atoms with Gasteiger partial charge in [0.15, 0.2) is 45.0 Å². The van der Waals surface area contributed by atoms with Gasteiger partial charge in [0.25, 0.3) is 11.8 Å². The first kappa shape index (κ1) is 38.2. The number of aliphatic imine (C=N–C) groups is 2. The van der Waals surface area contributed by atoms with Crippen LogP contribution in [0.3, 0.4) is 0 Å². The maximum absolute atomic E-state index is 13.1. The Labute approximate surface area is 290 Å². The van der Waals surface area contributed by atoms with E-state index < -0.39 is 41.2 Å². The van der Waals surface area contributed by atoms with E-state index in [1.165, 1.54) is 0 Å². The van der Waals surface area contributed by atoms with Gasteiger partial charge in [-0.2, -0.15) is 0 Å². The van der Waals surface area contributed by atoms with Gasteiger partial charge in [0.1, 0.15) is 11.2 Å². The lowest BCUT2D eigenvalue weighted by Crippen LogP contribution is -2.50. The number of halogens is 2. The van der Waals surface area contributed by atoms with Crippen LogP contribution in [0.2, 0.25) is 10.3 Å². The number of carbonyl (C=O) groups excluding carboxylic acids is 4. The number of rotatable bonds is 3. The summed E-state index contributed by atoms with van der Waals surface area (Å²) in [5.41, 5.74) is 20.4. The number of amides is 4. The van der Waals surface area contributed by atoms with E-state index in [0.29, 0.717) is 0 Å². The number of nitrogens with zero attached hydrogens (tertiary/aromatic N) is 7. The van der Waals surface area contributed by atoms with E-state index in [0.717, 1.165) is 0 Å². The Bertz CT molecular complexity index is 1680. The van der Waals surface area contributed by atoms with Crippen LogP contribution in [0.1, 0.15) is 75.4 Å². The van der Waals surface area contributed by atoms with Gasteiger partial charge in [-0.15, -0.1) is 4.99 Å². The Balaban J connectivity index is 1.86. The summed E-state index contributed by atoms with van der Waals surface area (Å²) in [6.45, 7) is 10.3. The molecule has 2 aromatic rings. The summed E-state index contributed by atoms with van der Waals surface area (Å²) in [5, 5.41) is 6.87. The molecule has 266 valence electrons. The quantitative estimate of drug-likeness (QED) is 0.175. The van der Waals surface area contributed by atoms with Crippen molar-refractivity contribution in [3.8, 4) is 0 Å². The number of piperidine rings is 1. The van der Waals surface area contributed by atoms with Gasteiger partial charge in [0.05, 0.1) is 6.04 Å². The zero-order chi connectivity index (χ0) is 36.8. The van der Waals surface area contributed by atoms with E-state index in [2.05, 4.69) is 45.9 Å². The number of hydrogen-bond donors (Lipinski definition) is 7. The molecule has 3 heterocycles. The highest BCUT2D eigenvalue weighted by Crippen LogP contribution is 2.20. The molecular weight excluding hydrogens is 687 g/mol. The molecule has 22 heteroatoms. The van der Waals surface area contributed by atoms with Gasteiger partial charge in [0.2, 0.25) is 11.9 Å². The van der Waals surface area contributed by atoms with Gasteiger partial charge >= 0.3 is 12.2 Å². The number of nitrogen functional groups attached to an aromatic ring is 4. The molecule has 1 saturated heterocycles. The number of nitrogens with one attached hydrogen (secondary N) is 3. The standard InChI is InChI=1S/C27H38Cl2N14O6/c1-26(2,3)48-24(46)41-22(39-20(44)12-16(30)37-18(32)14(28)35-12)34-11-7-9-43(10-8-11)23(42-25(47)49-27(4,5)6)40-21(45)13-17(31)38-19(33)15(29)36-13/h11H,7-10H2,1-6H3,(H4,30,32,37)(H4,31,33,38)(H,40,42,45,47)(H2,34,39,41,44,46). The number of guanidine groups is 2. The van der Waals surface area contributed by atoms with Crippen molar-refractivity contribution in [2.45, 2.75) is 71.6 Å². The molecule has 49 heavy (non-hydrogen) atoms. The van der Waals surface area contributed by atoms with Crippen LogP contribution >= 0.6 is 23.2 Å². The van der Waals surface area contributed by atoms with Crippen molar-refractivity contribution in [2.75, 3.05) is 36.0 Å². The molecule has 1 aliphatic rings. The van der Waals surface area contributed by atoms with E-state index in [9.17, 15) is 19.2 Å². The number of carbonyl (C=O) groups is 4. The topological polar surface area (TPSA) is 306 Å². The normalized spacial score (nSPS) is 14.6. The summed E-state index contributed by atoms with van der Waals surface area (Å²) < 4.78 is 10.6. The fourth-order valence-electron chi connectivity index (χ4n) is 3.98. The Morgan fingerprint density at radius 1 is 0.735 bits per heavy atom. The van der Waals surface area contributed by atoms with E-state index in [1.807, 2.05) is 0 Å². The summed E-state index contributed by atoms with van der Waals surface area (Å²) in [6.07, 6.45) is -1.32. The summed E-state index contributed by atoms with van der Waals surface area (Å²) in [4.78, 5) is 76.9. The summed E-state index contributed by atoms with van der Waals surface area (Å²) in [7, 11) is 0. The van der Waals surface area contributed by atoms with E-state index in [4.69, 9.17) is 55.6 Å². The van der Waals surface area contributed by atoms with Gasteiger partial charge in [-0.1, -0.05) is 23.2 Å². The van der Waals surface area contributed by atoms with Crippen LogP contribution in [0, 0.1) is 0 Å². The average molecular weight is 726 g/mol. The number of hydrogen-bond acceptors (Lipinski definition) is 15. The number of alkyl carbamates (subject to hydrolysis) is 1. The highest BCUT2D eigenvalue weighted by Gasteiger charge is 2.28. The Hall–Kier alpha value is -5.24. The maximum atomic E-state index is 13.1. The molecule has 20 nitrogen and oxygen atoms in total. The maximum Gasteiger partial charge on any atom is 0.437 e. The third-order valence-corrected chi connectivity index (χ3v) is 6.54. The van der Waals surface area contributed by atoms with Crippen molar-refractivity contribution in [2.24, 2.45) is 9.98 Å². The molecule has 0 saturated carbocycles. The minimum Gasteiger partial charge on any atom is -0.444 e. The van der Waals surface area contributed by atoms with Gasteiger partial charge in [0, 0.05) is 13.1 Å². The summed E-state index contributed by atoms with van der Waals surface area (Å²) >= 11 is 11.9. The van der Waals surface area contributed by atoms with Crippen molar-refractivity contribution in [3.05, 3.63) is 21.7 Å². The van der Waals surface area contributed by atoms with Crippen molar-refractivity contribution >= 4 is 82.4 Å². The second-order valence-corrected chi connectivity index (χ2v) is 13.1. The fourth-order valence-corrected chi connectivity index (χ4v) is 4.23. The van der Waals surface area contributed by atoms with Crippen LogP contribution in [-0.2, 0) is 9.47 Å². The lowest BCUT2D eigenvalue weighted by atomic mass is 10.1. The summed E-state index contributed by atoms with van der Waals surface area (Å²) in [6, 6.07) is -0.504. The second kappa shape index (κ2) is 15.3. The fraction of sp³-hybridized carbons (Fsp3) is 0.481. The minimum absolute atomic E-state index is 0.175. The number of nitrogens with two attached hydrogens (primary N) is 4. The van der Waals surface area contributed by atoms with Crippen molar-refractivity contribution in [1.82, 2.24) is 40.8 Å². The van der Waals surface area contributed by atoms with E-state index in [1.54, 1.807) is 46.4 Å². The van der Waals surface area contributed by atoms with Crippen LogP contribution in [-0.4, -0.2) is 91.1 Å². The molecule has 0 spiro atoms. The number of aromatic nitrogens is 4. The first-order valence-electron chi connectivity index (χ1n) is 14.6. The molecular formula is C27H38Cl2N14O6. The number of ether oxygens (including phenoxy) is 2. The van der Waals surface area contributed by atoms with Gasteiger partial charge < -0.3 is 37.3 Å². The highest BCUT2D eigenvalue weighted by molar-refractivity contribution is 6.32. The Morgan fingerprint density at radius 2 is 1.20 bits per heavy atom. The second-order valence-electron chi connectivity index (χ2n) is 12.4. The predicted octanol–water partition coefficient (Wildman–Crippen LogP) is 1.70. The predicted molar refractivity (Wildman–Crippen MR) is 182 cm³/mol. The van der Waals surface area contributed by atoms with E-state index >= 15 is 0 Å². The van der Waals surface area contributed by atoms with Gasteiger partial charge in [-0.3, -0.25) is 25.5 Å². The number of anilines is 4. The molecule has 4 amide bonds. The number of likely N-dealkylation sites (tertiary alicyclic amines) is 1. The third kappa shape index (κ3) is 11.5. The van der Waals surface area contributed by atoms with Crippen LogP contribution in [0.5, 0.6) is 0 Å². The monoisotopic (exact) mass is 724 g/mol. The largest absolute Gasteiger partial charge is 0.444 e. The van der Waals surface area contributed by atoms with E-state index in [-0.39, 0.29) is 82.8 Å². The lowest BCUT2D eigenvalue weighted by molar-refractivity contribution is 0.0558. The SMILES string of the molecule is CC(C)(C)OC(=O)N=C(NC(=O)c1nc(Cl)c(N)nc1N)N1CCC(N=C(NC(=O)OC(C)(C)C)NC(=O)c2nc(Cl)c(N)nc2N)CC1. The molecule has 1 fully saturated rings. The molecule has 0 aromatic carbocycles. The minimum atomic E-state index is -0.978. The lowest BCUT2D eigenvalue weighted by Gasteiger charge is -2.32. The Kier molecular flexibility index (Phi) is 11.9. The van der Waals surface area contributed by atoms with Gasteiger partial charge in [-0.05, 0) is 54.4 Å². The molecule has 3 rings (SSSR count). The molecule has 0 unspecified atom stereocenters. The molecule has 0 atom stereocenters. The van der Waals surface area contributed by atoms with Crippen molar-refractivity contribution < 1.29 is 28.7 Å². The Morgan fingerprint density at radius 3 is 1.67 bits per heavy atom. The van der Waals surface area contributed by atoms with Crippen LogP contribution in [0.15, 0.2) is 9.98 Å². The highest BCUT2D eigenvalue weighted by atomic mass is 35.5. The van der Waals surface area contributed by atoms with Gasteiger partial charge in [-0.25, -0.2) is 34.5 Å². The molecule has 2 aromatic heterocycles. The first-order valence-corrected chi connectivity index (χ1v) is 15.3. The molecule has 11 N–H and O–H groups in total. The zero-order valence-electron chi connectivity index (χ0n) is 27.6. The average Bonchev–Trinajstić information content (AvgIpc) is 2.94. The van der Waals surface area contributed by atoms with Crippen LogP contribution in [0.25, 0.3) is 0 Å². The molecule has 0 bridgehead atoms.